The van der Waals surface area contributed by atoms with Crippen molar-refractivity contribution in [2.75, 3.05) is 18.0 Å². The van der Waals surface area contributed by atoms with Crippen molar-refractivity contribution < 1.29 is 9.18 Å². The Hall–Kier alpha value is -3.35. The van der Waals surface area contributed by atoms with Crippen LogP contribution in [0.5, 0.6) is 0 Å². The number of rotatable bonds is 4. The Labute approximate surface area is 193 Å². The number of hydrogen-bond acceptors (Lipinski definition) is 5. The fraction of sp³-hybridized carbons (Fsp3) is 0.385. The van der Waals surface area contributed by atoms with Crippen molar-refractivity contribution in [1.82, 2.24) is 19.9 Å². The van der Waals surface area contributed by atoms with Gasteiger partial charge in [-0.25, -0.2) is 14.4 Å². The lowest BCUT2D eigenvalue weighted by atomic mass is 9.98. The molecule has 6 nitrogen and oxygen atoms in total. The summed E-state index contributed by atoms with van der Waals surface area (Å²) in [5, 5.41) is 0. The fourth-order valence-corrected chi connectivity index (χ4v) is 4.97. The molecule has 0 radical (unpaired) electrons. The number of carbonyl (C=O) groups is 1. The first-order valence-corrected chi connectivity index (χ1v) is 11.7. The maximum atomic E-state index is 13.8. The van der Waals surface area contributed by atoms with E-state index < -0.39 is 0 Å². The third kappa shape index (κ3) is 4.45. The fourth-order valence-electron chi connectivity index (χ4n) is 4.97. The Morgan fingerprint density at radius 3 is 2.85 bits per heavy atom. The van der Waals surface area contributed by atoms with Gasteiger partial charge in [-0.05, 0) is 68.9 Å². The average molecular weight is 446 g/mol. The molecule has 170 valence electrons. The molecule has 4 heterocycles. The summed E-state index contributed by atoms with van der Waals surface area (Å²) in [7, 11) is 0. The lowest BCUT2D eigenvalue weighted by molar-refractivity contribution is 0.0599. The number of pyridine rings is 1. The summed E-state index contributed by atoms with van der Waals surface area (Å²) in [5.41, 5.74) is 3.64. The van der Waals surface area contributed by atoms with Gasteiger partial charge >= 0.3 is 0 Å². The van der Waals surface area contributed by atoms with Gasteiger partial charge in [0.25, 0.3) is 5.91 Å². The van der Waals surface area contributed by atoms with Gasteiger partial charge in [0.2, 0.25) is 0 Å². The Balaban J connectivity index is 1.48. The lowest BCUT2D eigenvalue weighted by Gasteiger charge is -2.36. The highest BCUT2D eigenvalue weighted by atomic mass is 19.1. The number of halogens is 1. The van der Waals surface area contributed by atoms with E-state index in [1.165, 1.54) is 6.07 Å². The monoisotopic (exact) mass is 445 g/mol. The van der Waals surface area contributed by atoms with E-state index in [1.54, 1.807) is 36.7 Å². The molecule has 2 aromatic heterocycles. The van der Waals surface area contributed by atoms with E-state index in [9.17, 15) is 9.18 Å². The summed E-state index contributed by atoms with van der Waals surface area (Å²) >= 11 is 0. The number of aryl methyl sites for hydroxylation is 1. The molecule has 0 bridgehead atoms. The number of fused-ring (bicyclic) bond motifs is 1. The predicted octanol–water partition coefficient (Wildman–Crippen LogP) is 4.64. The van der Waals surface area contributed by atoms with E-state index >= 15 is 0 Å². The molecule has 7 heteroatoms. The van der Waals surface area contributed by atoms with E-state index in [1.807, 2.05) is 17.9 Å². The van der Waals surface area contributed by atoms with Crippen LogP contribution in [-0.4, -0.2) is 38.8 Å². The van der Waals surface area contributed by atoms with Crippen molar-refractivity contribution in [3.63, 3.8) is 0 Å². The second-order valence-corrected chi connectivity index (χ2v) is 8.88. The third-order valence-corrected chi connectivity index (χ3v) is 6.60. The highest BCUT2D eigenvalue weighted by Crippen LogP contribution is 2.34. The number of nitrogens with zero attached hydrogens (tertiary/aromatic N) is 5. The summed E-state index contributed by atoms with van der Waals surface area (Å²) in [5.74, 6) is 1.38. The zero-order chi connectivity index (χ0) is 22.8. The van der Waals surface area contributed by atoms with Crippen LogP contribution in [-0.2, 0) is 13.0 Å². The number of anilines is 1. The second kappa shape index (κ2) is 9.25. The van der Waals surface area contributed by atoms with Gasteiger partial charge in [0, 0.05) is 43.3 Å². The highest BCUT2D eigenvalue weighted by Gasteiger charge is 2.33. The smallest absolute Gasteiger partial charge is 0.256 e. The molecule has 0 N–H and O–H groups in total. The largest absolute Gasteiger partial charge is 0.352 e. The van der Waals surface area contributed by atoms with Crippen LogP contribution in [0.2, 0.25) is 0 Å². The Bertz CT molecular complexity index is 1150. The van der Waals surface area contributed by atoms with Gasteiger partial charge in [-0.15, -0.1) is 0 Å². The molecule has 2 aliphatic rings. The molecule has 33 heavy (non-hydrogen) atoms. The van der Waals surface area contributed by atoms with Crippen LogP contribution in [0.25, 0.3) is 0 Å². The minimum absolute atomic E-state index is 0.0246. The summed E-state index contributed by atoms with van der Waals surface area (Å²) in [6.45, 7) is 4.18. The Morgan fingerprint density at radius 1 is 1.12 bits per heavy atom. The third-order valence-electron chi connectivity index (χ3n) is 6.60. The van der Waals surface area contributed by atoms with Crippen molar-refractivity contribution in [3.05, 3.63) is 82.8 Å². The quantitative estimate of drug-likeness (QED) is 0.586. The van der Waals surface area contributed by atoms with Gasteiger partial charge in [-0.2, -0.15) is 0 Å². The average Bonchev–Trinajstić information content (AvgIpc) is 2.84. The van der Waals surface area contributed by atoms with Gasteiger partial charge in [0.15, 0.2) is 5.82 Å². The highest BCUT2D eigenvalue weighted by molar-refractivity contribution is 5.94. The van der Waals surface area contributed by atoms with Crippen LogP contribution >= 0.6 is 0 Å². The molecule has 1 fully saturated rings. The molecule has 1 saturated heterocycles. The van der Waals surface area contributed by atoms with E-state index in [2.05, 4.69) is 9.88 Å². The van der Waals surface area contributed by atoms with Crippen LogP contribution in [0, 0.1) is 12.7 Å². The number of aromatic nitrogens is 3. The maximum absolute atomic E-state index is 13.8. The molecule has 0 unspecified atom stereocenters. The molecule has 0 spiro atoms. The Morgan fingerprint density at radius 2 is 2.03 bits per heavy atom. The zero-order valence-corrected chi connectivity index (χ0v) is 18.9. The first kappa shape index (κ1) is 21.5. The number of hydrogen-bond donors (Lipinski definition) is 0. The van der Waals surface area contributed by atoms with Gasteiger partial charge in [-0.3, -0.25) is 9.78 Å². The molecule has 3 aromatic rings. The van der Waals surface area contributed by atoms with E-state index in [0.717, 1.165) is 61.3 Å². The first-order valence-electron chi connectivity index (χ1n) is 11.7. The summed E-state index contributed by atoms with van der Waals surface area (Å²) in [4.78, 5) is 31.4. The van der Waals surface area contributed by atoms with Crippen LogP contribution in [0.4, 0.5) is 10.2 Å². The molecule has 0 aliphatic carbocycles. The maximum Gasteiger partial charge on any atom is 0.256 e. The normalized spacial score (nSPS) is 18.2. The lowest BCUT2D eigenvalue weighted by Crippen LogP contribution is -2.40. The SMILES string of the molecule is Cc1nc([C@H]2CCCCN2C(=O)c2cccnc2)nc2c1CCCN2Cc1cccc(F)c1. The molecule has 2 aliphatic heterocycles. The Kier molecular flexibility index (Phi) is 6.03. The minimum atomic E-state index is -0.226. The number of amides is 1. The predicted molar refractivity (Wildman–Crippen MR) is 124 cm³/mol. The summed E-state index contributed by atoms with van der Waals surface area (Å²) < 4.78 is 13.8. The van der Waals surface area contributed by atoms with Gasteiger partial charge < -0.3 is 9.80 Å². The van der Waals surface area contributed by atoms with Crippen molar-refractivity contribution in [2.45, 2.75) is 51.6 Å². The second-order valence-electron chi connectivity index (χ2n) is 8.88. The van der Waals surface area contributed by atoms with Crippen LogP contribution in [0.1, 0.15) is 64.7 Å². The van der Waals surface area contributed by atoms with Crippen molar-refractivity contribution >= 4 is 11.7 Å². The van der Waals surface area contributed by atoms with Crippen LogP contribution in [0.15, 0.2) is 48.8 Å². The van der Waals surface area contributed by atoms with Gasteiger partial charge in [0.1, 0.15) is 11.6 Å². The number of benzene rings is 1. The summed E-state index contributed by atoms with van der Waals surface area (Å²) in [6, 6.07) is 10.2. The minimum Gasteiger partial charge on any atom is -0.352 e. The molecule has 1 atom stereocenters. The molecule has 0 saturated carbocycles. The van der Waals surface area contributed by atoms with E-state index in [4.69, 9.17) is 9.97 Å². The number of carbonyl (C=O) groups excluding carboxylic acids is 1. The van der Waals surface area contributed by atoms with Crippen molar-refractivity contribution in [3.8, 4) is 0 Å². The van der Waals surface area contributed by atoms with Crippen LogP contribution < -0.4 is 4.90 Å². The molecule has 1 amide bonds. The zero-order valence-electron chi connectivity index (χ0n) is 18.9. The summed E-state index contributed by atoms with van der Waals surface area (Å²) in [6.07, 6.45) is 8.09. The molecular weight excluding hydrogens is 417 g/mol. The van der Waals surface area contributed by atoms with Crippen molar-refractivity contribution in [1.29, 1.82) is 0 Å². The topological polar surface area (TPSA) is 62.2 Å². The van der Waals surface area contributed by atoms with E-state index in [-0.39, 0.29) is 17.8 Å². The number of likely N-dealkylation sites (tertiary alicyclic amines) is 1. The number of piperidine rings is 1. The standard InChI is InChI=1S/C26H28FN5O/c1-18-22-10-6-13-31(17-19-7-4-9-21(27)15-19)25(22)30-24(29-18)23-11-2-3-14-32(23)26(33)20-8-5-12-28-16-20/h4-5,7-9,12,15-16,23H,2-3,6,10-11,13-14,17H2,1H3/t23-/m1/s1. The van der Waals surface area contributed by atoms with Crippen molar-refractivity contribution in [2.24, 2.45) is 0 Å². The van der Waals surface area contributed by atoms with Crippen LogP contribution in [0.3, 0.4) is 0 Å². The van der Waals surface area contributed by atoms with Gasteiger partial charge in [0.05, 0.1) is 11.6 Å². The first-order chi connectivity index (χ1) is 16.1. The molecule has 1 aromatic carbocycles. The van der Waals surface area contributed by atoms with Gasteiger partial charge in [-0.1, -0.05) is 12.1 Å². The van der Waals surface area contributed by atoms with E-state index in [0.29, 0.717) is 24.5 Å². The molecule has 5 rings (SSSR count). The molecular formula is C26H28FN5O.